The molecule has 1 heterocycles. The second-order valence-electron chi connectivity index (χ2n) is 6.97. The van der Waals surface area contributed by atoms with E-state index >= 15 is 8.78 Å². The Morgan fingerprint density at radius 1 is 1.27 bits per heavy atom. The maximum Gasteiger partial charge on any atom is 0.405 e. The third kappa shape index (κ3) is 5.99. The quantitative estimate of drug-likeness (QED) is 0.295. The molecule has 13 heteroatoms. The number of ether oxygens (including phenoxy) is 1. The van der Waals surface area contributed by atoms with Gasteiger partial charge in [-0.15, -0.1) is 11.3 Å². The molecule has 1 amide bonds. The van der Waals surface area contributed by atoms with Crippen molar-refractivity contribution in [3.05, 3.63) is 34.7 Å². The number of nitrogens with two attached hydrogens (primary N) is 1. The number of primary amides is 1. The number of hydrogen-bond donors (Lipinski definition) is 1. The molecular weight excluding hydrogens is 499 g/mol. The van der Waals surface area contributed by atoms with Crippen LogP contribution in [0.4, 0.5) is 8.78 Å². The van der Waals surface area contributed by atoms with E-state index in [9.17, 15) is 17.8 Å². The Kier molecular flexibility index (Phi) is 8.80. The molecule has 0 spiro atoms. The van der Waals surface area contributed by atoms with Crippen LogP contribution in [-0.4, -0.2) is 46.2 Å². The number of alkyl halides is 2. The zero-order valence-corrected chi connectivity index (χ0v) is 21.0. The van der Waals surface area contributed by atoms with Gasteiger partial charge in [0.15, 0.2) is 0 Å². The van der Waals surface area contributed by atoms with Gasteiger partial charge in [-0.3, -0.25) is 9.36 Å². The number of carbonyl (C=O) groups is 1. The van der Waals surface area contributed by atoms with Crippen molar-refractivity contribution in [2.75, 3.05) is 31.8 Å². The van der Waals surface area contributed by atoms with Gasteiger partial charge in [0.25, 0.3) is 0 Å². The lowest BCUT2D eigenvalue weighted by Crippen LogP contribution is -2.18. The summed E-state index contributed by atoms with van der Waals surface area (Å²) in [6.07, 6.45) is 2.38. The molecule has 0 saturated heterocycles. The minimum atomic E-state index is -4.90. The van der Waals surface area contributed by atoms with Crippen molar-refractivity contribution >= 4 is 50.8 Å². The number of sulfone groups is 1. The smallest absolute Gasteiger partial charge is 0.405 e. The summed E-state index contributed by atoms with van der Waals surface area (Å²) < 4.78 is 82.3. The maximum atomic E-state index is 15.5. The van der Waals surface area contributed by atoms with Crippen molar-refractivity contribution in [3.8, 4) is 5.75 Å². The van der Waals surface area contributed by atoms with E-state index in [1.165, 1.54) is 26.0 Å². The lowest BCUT2D eigenvalue weighted by Gasteiger charge is -2.25. The third-order valence-electron chi connectivity index (χ3n) is 4.41. The fourth-order valence-corrected chi connectivity index (χ4v) is 6.72. The first-order chi connectivity index (χ1) is 15.3. The van der Waals surface area contributed by atoms with E-state index in [1.807, 2.05) is 0 Å². The van der Waals surface area contributed by atoms with Gasteiger partial charge in [-0.2, -0.15) is 8.78 Å². The Bertz CT molecular complexity index is 1180. The van der Waals surface area contributed by atoms with E-state index in [1.54, 1.807) is 0 Å². The van der Waals surface area contributed by atoms with Crippen LogP contribution in [-0.2, 0) is 29.1 Å². The summed E-state index contributed by atoms with van der Waals surface area (Å²) in [6.45, 7) is 5.85. The zero-order chi connectivity index (χ0) is 25.0. The van der Waals surface area contributed by atoms with Gasteiger partial charge in [-0.05, 0) is 32.4 Å². The molecular formula is C20H26F2NO7PS2. The van der Waals surface area contributed by atoms with Crippen molar-refractivity contribution in [1.29, 1.82) is 0 Å². The molecule has 0 aliphatic heterocycles. The van der Waals surface area contributed by atoms with Crippen LogP contribution in [0, 0.1) is 0 Å². The fourth-order valence-electron chi connectivity index (χ4n) is 3.03. The molecule has 0 aliphatic carbocycles. The summed E-state index contributed by atoms with van der Waals surface area (Å²) in [7, 11) is -8.12. The Labute approximate surface area is 195 Å². The molecule has 2 aromatic rings. The van der Waals surface area contributed by atoms with Gasteiger partial charge < -0.3 is 19.5 Å². The predicted molar refractivity (Wildman–Crippen MR) is 125 cm³/mol. The van der Waals surface area contributed by atoms with Gasteiger partial charge in [0.05, 0.1) is 35.2 Å². The van der Waals surface area contributed by atoms with E-state index in [2.05, 4.69) is 6.58 Å². The van der Waals surface area contributed by atoms with Gasteiger partial charge in [0.1, 0.15) is 15.6 Å². The molecule has 2 N–H and O–H groups in total. The van der Waals surface area contributed by atoms with Crippen molar-refractivity contribution in [1.82, 2.24) is 0 Å². The van der Waals surface area contributed by atoms with E-state index in [0.717, 1.165) is 12.3 Å². The Morgan fingerprint density at radius 3 is 2.36 bits per heavy atom. The topological polar surface area (TPSA) is 122 Å². The van der Waals surface area contributed by atoms with Crippen LogP contribution < -0.4 is 10.5 Å². The first kappa shape index (κ1) is 27.4. The van der Waals surface area contributed by atoms with Crippen molar-refractivity contribution in [2.45, 2.75) is 25.9 Å². The van der Waals surface area contributed by atoms with Crippen LogP contribution in [0.3, 0.4) is 0 Å². The van der Waals surface area contributed by atoms with Crippen molar-refractivity contribution in [2.24, 2.45) is 5.73 Å². The average Bonchev–Trinajstić information content (AvgIpc) is 3.10. The molecule has 0 atom stereocenters. The summed E-state index contributed by atoms with van der Waals surface area (Å²) in [5.74, 6) is -0.891. The predicted octanol–water partition coefficient (Wildman–Crippen LogP) is 4.77. The molecule has 0 unspecified atom stereocenters. The highest BCUT2D eigenvalue weighted by Gasteiger charge is 2.57. The standard InChI is InChI=1S/C20H26F2NO7PS2/c1-5-14-15-11-13(19(23)24)12-16(28-9-8-10-33(4,26)27)17(15)32-18(14)20(21,22)31(25,29-6-2)30-7-3/h5,11-12H,1,6-10H2,2-4H3,(H2,23,24). The number of carbonyl (C=O) groups excluding carboxylic acids is 1. The van der Waals surface area contributed by atoms with Gasteiger partial charge in [0.2, 0.25) is 5.91 Å². The summed E-state index contributed by atoms with van der Waals surface area (Å²) in [6, 6.07) is 2.61. The minimum absolute atomic E-state index is 0.00539. The molecule has 0 bridgehead atoms. The highest BCUT2D eigenvalue weighted by Crippen LogP contribution is 2.69. The van der Waals surface area contributed by atoms with Gasteiger partial charge in [0, 0.05) is 22.8 Å². The lowest BCUT2D eigenvalue weighted by molar-refractivity contribution is 0.0391. The van der Waals surface area contributed by atoms with Crippen LogP contribution in [0.15, 0.2) is 18.7 Å². The molecule has 0 fully saturated rings. The van der Waals surface area contributed by atoms with Gasteiger partial charge in [-0.25, -0.2) is 8.42 Å². The largest absolute Gasteiger partial charge is 0.492 e. The number of fused-ring (bicyclic) bond motifs is 1. The van der Waals surface area contributed by atoms with E-state index in [0.29, 0.717) is 11.3 Å². The third-order valence-corrected chi connectivity index (χ3v) is 9.01. The molecule has 0 aliphatic rings. The number of hydrogen-bond acceptors (Lipinski definition) is 8. The molecule has 8 nitrogen and oxygen atoms in total. The van der Waals surface area contributed by atoms with Crippen LogP contribution in [0.5, 0.6) is 5.75 Å². The molecule has 0 radical (unpaired) electrons. The number of thiophene rings is 1. The molecule has 184 valence electrons. The second-order valence-corrected chi connectivity index (χ2v) is 12.3. The highest BCUT2D eigenvalue weighted by molar-refractivity contribution is 7.90. The van der Waals surface area contributed by atoms with Crippen LogP contribution >= 0.6 is 18.9 Å². The Balaban J connectivity index is 2.67. The van der Waals surface area contributed by atoms with Gasteiger partial charge in [-0.1, -0.05) is 12.7 Å². The Hall–Kier alpha value is -1.85. The molecule has 33 heavy (non-hydrogen) atoms. The first-order valence-corrected chi connectivity index (χ1v) is 14.3. The number of amides is 1. The van der Waals surface area contributed by atoms with Crippen molar-refractivity contribution in [3.63, 3.8) is 0 Å². The molecule has 2 rings (SSSR count). The molecule has 0 saturated carbocycles. The van der Waals surface area contributed by atoms with E-state index in [4.69, 9.17) is 19.5 Å². The lowest BCUT2D eigenvalue weighted by atomic mass is 10.1. The van der Waals surface area contributed by atoms with Crippen LogP contribution in [0.2, 0.25) is 0 Å². The number of halogens is 2. The number of benzene rings is 1. The zero-order valence-electron chi connectivity index (χ0n) is 18.4. The molecule has 1 aromatic carbocycles. The maximum absolute atomic E-state index is 15.5. The monoisotopic (exact) mass is 525 g/mol. The van der Waals surface area contributed by atoms with Gasteiger partial charge >= 0.3 is 13.3 Å². The van der Waals surface area contributed by atoms with Crippen molar-refractivity contribution < 1.29 is 40.3 Å². The number of rotatable bonds is 13. The second kappa shape index (κ2) is 10.6. The summed E-state index contributed by atoms with van der Waals surface area (Å²) in [4.78, 5) is 11.2. The summed E-state index contributed by atoms with van der Waals surface area (Å²) in [5.41, 5.74) is 1.30. The summed E-state index contributed by atoms with van der Waals surface area (Å²) in [5, 5.41) is 0.193. The fraction of sp³-hybridized carbons (Fsp3) is 0.450. The minimum Gasteiger partial charge on any atom is -0.492 e. The van der Waals surface area contributed by atoms with Crippen LogP contribution in [0.25, 0.3) is 16.2 Å². The summed E-state index contributed by atoms with van der Waals surface area (Å²) >= 11 is 0.596. The SMILES string of the molecule is C=Cc1c(C(F)(F)P(=O)(OCC)OCC)sc2c(OCCCS(C)(=O)=O)cc(C(N)=O)cc12. The van der Waals surface area contributed by atoms with E-state index < -0.39 is 33.9 Å². The van der Waals surface area contributed by atoms with E-state index in [-0.39, 0.29) is 59.0 Å². The first-order valence-electron chi connectivity index (χ1n) is 9.92. The Morgan fingerprint density at radius 2 is 1.88 bits per heavy atom. The highest BCUT2D eigenvalue weighted by atomic mass is 32.2. The normalized spacial score (nSPS) is 12.8. The van der Waals surface area contributed by atoms with Crippen LogP contribution in [0.1, 0.15) is 41.1 Å². The average molecular weight is 526 g/mol. The molecule has 1 aromatic heterocycles.